The summed E-state index contributed by atoms with van der Waals surface area (Å²) < 4.78 is 0. The molecule has 0 bridgehead atoms. The molecule has 1 aromatic rings. The molecule has 1 fully saturated rings. The first-order chi connectivity index (χ1) is 6.68. The lowest BCUT2D eigenvalue weighted by Gasteiger charge is -2.31. The highest BCUT2D eigenvalue weighted by Crippen LogP contribution is 2.39. The van der Waals surface area contributed by atoms with Crippen molar-refractivity contribution in [3.8, 4) is 0 Å². The van der Waals surface area contributed by atoms with Crippen molar-refractivity contribution in [3.63, 3.8) is 0 Å². The van der Waals surface area contributed by atoms with Crippen LogP contribution in [0.15, 0.2) is 18.2 Å². The minimum atomic E-state index is -0.442. The molecule has 0 saturated heterocycles. The Morgan fingerprint density at radius 2 is 2.14 bits per heavy atom. The van der Waals surface area contributed by atoms with E-state index in [9.17, 15) is 5.11 Å². The molecule has 2 rings (SSSR count). The van der Waals surface area contributed by atoms with Gasteiger partial charge in [-0.05, 0) is 37.0 Å². The average Bonchev–Trinajstić information content (AvgIpc) is 2.06. The second-order valence-corrected chi connectivity index (χ2v) is 4.35. The maximum Gasteiger partial charge on any atom is 0.0838 e. The van der Waals surface area contributed by atoms with Gasteiger partial charge in [0.25, 0.3) is 0 Å². The number of rotatable bonds is 2. The van der Waals surface area contributed by atoms with Crippen molar-refractivity contribution in [2.24, 2.45) is 5.92 Å². The molecule has 1 aliphatic rings. The predicted octanol–water partition coefficient (Wildman–Crippen LogP) is 2.76. The van der Waals surface area contributed by atoms with Crippen LogP contribution in [0.25, 0.3) is 0 Å². The summed E-state index contributed by atoms with van der Waals surface area (Å²) in [5.41, 5.74) is 7.20. The van der Waals surface area contributed by atoms with Crippen molar-refractivity contribution in [1.29, 1.82) is 0 Å². The number of halogens is 1. The van der Waals surface area contributed by atoms with Crippen LogP contribution in [-0.4, -0.2) is 5.11 Å². The van der Waals surface area contributed by atoms with Crippen molar-refractivity contribution in [2.75, 3.05) is 5.73 Å². The zero-order chi connectivity index (χ0) is 10.1. The van der Waals surface area contributed by atoms with Crippen LogP contribution in [0.1, 0.15) is 30.9 Å². The standard InChI is InChI=1S/C11H14ClNO/c12-8-4-5-10(13)9(6-8)11(14)7-2-1-3-7/h4-7,11,14H,1-3,13H2. The number of nitrogens with two attached hydrogens (primary N) is 1. The van der Waals surface area contributed by atoms with Gasteiger partial charge in [0.05, 0.1) is 6.10 Å². The average molecular weight is 212 g/mol. The van der Waals surface area contributed by atoms with E-state index in [1.165, 1.54) is 6.42 Å². The number of hydrogen-bond donors (Lipinski definition) is 2. The van der Waals surface area contributed by atoms with Gasteiger partial charge in [0.2, 0.25) is 0 Å². The molecule has 3 heteroatoms. The third kappa shape index (κ3) is 1.72. The van der Waals surface area contributed by atoms with Crippen LogP contribution < -0.4 is 5.73 Å². The number of aliphatic hydroxyl groups excluding tert-OH is 1. The highest BCUT2D eigenvalue weighted by atomic mass is 35.5. The largest absolute Gasteiger partial charge is 0.398 e. The molecular weight excluding hydrogens is 198 g/mol. The van der Waals surface area contributed by atoms with E-state index in [1.54, 1.807) is 18.2 Å². The molecule has 0 heterocycles. The Bertz CT molecular complexity index is 336. The Hall–Kier alpha value is -0.730. The number of nitrogen functional groups attached to an aromatic ring is 1. The first-order valence-electron chi connectivity index (χ1n) is 4.91. The van der Waals surface area contributed by atoms with Gasteiger partial charge in [-0.2, -0.15) is 0 Å². The Morgan fingerprint density at radius 1 is 1.43 bits per heavy atom. The summed E-state index contributed by atoms with van der Waals surface area (Å²) in [6, 6.07) is 5.26. The second kappa shape index (κ2) is 3.79. The molecule has 14 heavy (non-hydrogen) atoms. The fourth-order valence-electron chi connectivity index (χ4n) is 1.81. The van der Waals surface area contributed by atoms with E-state index in [2.05, 4.69) is 0 Å². The first-order valence-corrected chi connectivity index (χ1v) is 5.29. The van der Waals surface area contributed by atoms with E-state index >= 15 is 0 Å². The molecule has 0 spiro atoms. The Morgan fingerprint density at radius 3 is 2.71 bits per heavy atom. The fraction of sp³-hybridized carbons (Fsp3) is 0.455. The lowest BCUT2D eigenvalue weighted by Crippen LogP contribution is -2.20. The van der Waals surface area contributed by atoms with Gasteiger partial charge in [-0.25, -0.2) is 0 Å². The van der Waals surface area contributed by atoms with Crippen LogP contribution in [0.2, 0.25) is 5.02 Å². The van der Waals surface area contributed by atoms with E-state index in [4.69, 9.17) is 17.3 Å². The molecule has 0 aromatic heterocycles. The smallest absolute Gasteiger partial charge is 0.0838 e. The first kappa shape index (κ1) is 9.81. The van der Waals surface area contributed by atoms with Crippen LogP contribution in [-0.2, 0) is 0 Å². The van der Waals surface area contributed by atoms with Crippen molar-refractivity contribution >= 4 is 17.3 Å². The van der Waals surface area contributed by atoms with Crippen LogP contribution >= 0.6 is 11.6 Å². The highest BCUT2D eigenvalue weighted by Gasteiger charge is 2.27. The van der Waals surface area contributed by atoms with Gasteiger partial charge >= 0.3 is 0 Å². The van der Waals surface area contributed by atoms with Crippen LogP contribution in [0.4, 0.5) is 5.69 Å². The molecule has 2 nitrogen and oxygen atoms in total. The maximum absolute atomic E-state index is 10.0. The van der Waals surface area contributed by atoms with E-state index in [0.717, 1.165) is 18.4 Å². The lowest BCUT2D eigenvalue weighted by molar-refractivity contribution is 0.0627. The van der Waals surface area contributed by atoms with Crippen molar-refractivity contribution < 1.29 is 5.11 Å². The summed E-state index contributed by atoms with van der Waals surface area (Å²) in [7, 11) is 0. The van der Waals surface area contributed by atoms with Crippen LogP contribution in [0, 0.1) is 5.92 Å². The molecule has 0 radical (unpaired) electrons. The van der Waals surface area contributed by atoms with Crippen LogP contribution in [0.5, 0.6) is 0 Å². The molecule has 0 aliphatic heterocycles. The van der Waals surface area contributed by atoms with E-state index < -0.39 is 6.10 Å². The summed E-state index contributed by atoms with van der Waals surface area (Å²) in [5, 5.41) is 10.6. The number of anilines is 1. The molecule has 1 atom stereocenters. The van der Waals surface area contributed by atoms with Gasteiger partial charge in [-0.1, -0.05) is 18.0 Å². The molecule has 1 unspecified atom stereocenters. The van der Waals surface area contributed by atoms with Crippen molar-refractivity contribution in [1.82, 2.24) is 0 Å². The minimum Gasteiger partial charge on any atom is -0.398 e. The summed E-state index contributed by atoms with van der Waals surface area (Å²) in [6.07, 6.45) is 2.95. The molecule has 76 valence electrons. The summed E-state index contributed by atoms with van der Waals surface area (Å²) >= 11 is 5.86. The SMILES string of the molecule is Nc1ccc(Cl)cc1C(O)C1CCC1. The van der Waals surface area contributed by atoms with Gasteiger partial charge in [0, 0.05) is 16.3 Å². The van der Waals surface area contributed by atoms with E-state index in [0.29, 0.717) is 16.6 Å². The molecular formula is C11H14ClNO. The summed E-state index contributed by atoms with van der Waals surface area (Å²) in [4.78, 5) is 0. The second-order valence-electron chi connectivity index (χ2n) is 3.91. The van der Waals surface area contributed by atoms with Gasteiger partial charge < -0.3 is 10.8 Å². The summed E-state index contributed by atoms with van der Waals surface area (Å²) in [5.74, 6) is 0.371. The summed E-state index contributed by atoms with van der Waals surface area (Å²) in [6.45, 7) is 0. The Kier molecular flexibility index (Phi) is 2.66. The fourth-order valence-corrected chi connectivity index (χ4v) is 1.99. The Labute approximate surface area is 88.7 Å². The van der Waals surface area contributed by atoms with Crippen molar-refractivity contribution in [2.45, 2.75) is 25.4 Å². The quantitative estimate of drug-likeness (QED) is 0.739. The molecule has 0 amide bonds. The van der Waals surface area contributed by atoms with Crippen molar-refractivity contribution in [3.05, 3.63) is 28.8 Å². The number of hydrogen-bond acceptors (Lipinski definition) is 2. The predicted molar refractivity (Wildman–Crippen MR) is 58.2 cm³/mol. The highest BCUT2D eigenvalue weighted by molar-refractivity contribution is 6.30. The van der Waals surface area contributed by atoms with E-state index in [1.807, 2.05) is 0 Å². The third-order valence-corrected chi connectivity index (χ3v) is 3.20. The van der Waals surface area contributed by atoms with Crippen LogP contribution in [0.3, 0.4) is 0 Å². The molecule has 1 aromatic carbocycles. The third-order valence-electron chi connectivity index (χ3n) is 2.96. The molecule has 3 N–H and O–H groups in total. The zero-order valence-electron chi connectivity index (χ0n) is 7.91. The minimum absolute atomic E-state index is 0.371. The number of benzene rings is 1. The van der Waals surface area contributed by atoms with Gasteiger partial charge in [0.15, 0.2) is 0 Å². The lowest BCUT2D eigenvalue weighted by atomic mass is 9.78. The number of aliphatic hydroxyl groups is 1. The normalized spacial score (nSPS) is 19.0. The van der Waals surface area contributed by atoms with E-state index in [-0.39, 0.29) is 0 Å². The topological polar surface area (TPSA) is 46.2 Å². The molecule has 1 aliphatic carbocycles. The van der Waals surface area contributed by atoms with Gasteiger partial charge in [0.1, 0.15) is 0 Å². The van der Waals surface area contributed by atoms with Gasteiger partial charge in [-0.3, -0.25) is 0 Å². The zero-order valence-corrected chi connectivity index (χ0v) is 8.67. The Balaban J connectivity index is 2.24. The monoisotopic (exact) mass is 211 g/mol. The molecule has 1 saturated carbocycles. The van der Waals surface area contributed by atoms with Gasteiger partial charge in [-0.15, -0.1) is 0 Å². The maximum atomic E-state index is 10.0.